The van der Waals surface area contributed by atoms with Crippen LogP contribution in [0.25, 0.3) is 0 Å². The number of carbonyl (C=O) groups is 1. The van der Waals surface area contributed by atoms with Crippen molar-refractivity contribution in [1.29, 1.82) is 0 Å². The van der Waals surface area contributed by atoms with E-state index in [0.717, 1.165) is 12.0 Å². The summed E-state index contributed by atoms with van der Waals surface area (Å²) in [5.74, 6) is -2.56. The molecule has 1 spiro atoms. The smallest absolute Gasteiger partial charge is 0.316 e. The summed E-state index contributed by atoms with van der Waals surface area (Å²) < 4.78 is 64.9. The van der Waals surface area contributed by atoms with Crippen LogP contribution in [0.2, 0.25) is 0 Å². The number of allylic oxidation sites excluding steroid dienone is 2. The van der Waals surface area contributed by atoms with E-state index in [4.69, 9.17) is 47.4 Å². The van der Waals surface area contributed by atoms with E-state index < -0.39 is 72.5 Å². The lowest BCUT2D eigenvalue weighted by atomic mass is 9.71. The van der Waals surface area contributed by atoms with E-state index in [0.29, 0.717) is 56.4 Å². The minimum Gasteiger partial charge on any atom is -0.462 e. The molecule has 0 saturated carbocycles. The minimum absolute atomic E-state index is 0.0344. The van der Waals surface area contributed by atoms with Gasteiger partial charge in [0.05, 0.1) is 43.2 Å². The number of fused-ring (bicyclic) bond motifs is 2. The zero-order valence-corrected chi connectivity index (χ0v) is 42.3. The van der Waals surface area contributed by atoms with Gasteiger partial charge >= 0.3 is 5.97 Å². The Balaban J connectivity index is 1.29. The summed E-state index contributed by atoms with van der Waals surface area (Å²) >= 11 is 0. The second-order valence-electron chi connectivity index (χ2n) is 20.4. The number of carbonyl (C=O) groups excluding carboxylic acids is 1. The highest BCUT2D eigenvalue weighted by Gasteiger charge is 2.60. The molecule has 6 aliphatic rings. The highest BCUT2D eigenvalue weighted by molar-refractivity contribution is 5.78. The van der Waals surface area contributed by atoms with Gasteiger partial charge < -0.3 is 62.9 Å². The van der Waals surface area contributed by atoms with Crippen LogP contribution in [0.5, 0.6) is 0 Å². The number of esters is 1. The fraction of sp³-hybridized carbons (Fsp3) is 0.755. The molecule has 3 saturated heterocycles. The lowest BCUT2D eigenvalue weighted by Crippen LogP contribution is -2.58. The maximum absolute atomic E-state index is 14.4. The van der Waals surface area contributed by atoms with Crippen LogP contribution in [-0.4, -0.2) is 141 Å². The molecule has 14 nitrogen and oxygen atoms in total. The van der Waals surface area contributed by atoms with Gasteiger partial charge in [0, 0.05) is 70.4 Å². The van der Waals surface area contributed by atoms with Gasteiger partial charge in [-0.15, -0.1) is 6.58 Å². The number of nitrogens with one attached hydrogen (secondary N) is 1. The van der Waals surface area contributed by atoms with Gasteiger partial charge in [0.1, 0.15) is 35.9 Å². The molecule has 0 aromatic carbocycles. The molecule has 3 N–H and O–H groups in total. The number of aliphatic hydroxyl groups excluding tert-OH is 1. The summed E-state index contributed by atoms with van der Waals surface area (Å²) in [5, 5.41) is 27.3. The molecule has 4 unspecified atom stereocenters. The second kappa shape index (κ2) is 23.1. The minimum atomic E-state index is -1.84. The van der Waals surface area contributed by atoms with Gasteiger partial charge in [0.2, 0.25) is 0 Å². The molecular weight excluding hydrogens is 859 g/mol. The molecule has 5 aliphatic heterocycles. The normalized spacial score (nSPS) is 41.7. The molecule has 18 atom stereocenters. The molecular formula is C53H83NO13. The topological polar surface area (TPSA) is 162 Å². The van der Waals surface area contributed by atoms with Crippen LogP contribution in [0.15, 0.2) is 71.9 Å². The van der Waals surface area contributed by atoms with Crippen LogP contribution in [0.3, 0.4) is 0 Å². The van der Waals surface area contributed by atoms with E-state index in [2.05, 4.69) is 72.5 Å². The Kier molecular flexibility index (Phi) is 18.5. The summed E-state index contributed by atoms with van der Waals surface area (Å²) in [4.78, 5) is 14.4. The SMILES string of the molecule is C=CCNC(C)(C)[C@H](CC(OCC)O[C@H]1[C@H](C)OC(O[C@@H]2/C(C)=C/C[C@@H]3C[C@@H](C[C@]4(C=C[C@H](C)[C@@H](C(C)CC)O4)O3)OC(=O)[C@@H]3C=C(C)[C@@H](O)[C@H]4OC/C(=C\C=C\C2C)[C@]43O)C[C@@H]1OC)OC. The molecule has 6 rings (SSSR count). The zero-order valence-electron chi connectivity index (χ0n) is 42.3. The quantitative estimate of drug-likeness (QED) is 0.0810. The maximum Gasteiger partial charge on any atom is 0.316 e. The van der Waals surface area contributed by atoms with Crippen molar-refractivity contribution in [2.45, 2.75) is 198 Å². The number of hydrogen-bond acceptors (Lipinski definition) is 14. The van der Waals surface area contributed by atoms with Crippen LogP contribution in [0.4, 0.5) is 0 Å². The monoisotopic (exact) mass is 942 g/mol. The lowest BCUT2D eigenvalue weighted by Gasteiger charge is -2.48. The first-order chi connectivity index (χ1) is 31.8. The van der Waals surface area contributed by atoms with E-state index in [1.165, 1.54) is 0 Å². The fourth-order valence-corrected chi connectivity index (χ4v) is 10.9. The third-order valence-electron chi connectivity index (χ3n) is 15.1. The molecule has 378 valence electrons. The number of methoxy groups -OCH3 is 2. The van der Waals surface area contributed by atoms with E-state index in [-0.39, 0.29) is 54.3 Å². The summed E-state index contributed by atoms with van der Waals surface area (Å²) in [6.07, 6.45) is 12.1. The Bertz CT molecular complexity index is 1830. The molecule has 67 heavy (non-hydrogen) atoms. The van der Waals surface area contributed by atoms with Crippen LogP contribution >= 0.6 is 0 Å². The van der Waals surface area contributed by atoms with E-state index >= 15 is 0 Å². The molecule has 14 heteroatoms. The van der Waals surface area contributed by atoms with Crippen LogP contribution < -0.4 is 5.32 Å². The van der Waals surface area contributed by atoms with Gasteiger partial charge in [-0.1, -0.05) is 76.6 Å². The van der Waals surface area contributed by atoms with Crippen molar-refractivity contribution in [2.24, 2.45) is 23.7 Å². The van der Waals surface area contributed by atoms with Crippen molar-refractivity contribution in [3.63, 3.8) is 0 Å². The number of aliphatic hydroxyl groups is 2. The van der Waals surface area contributed by atoms with Gasteiger partial charge in [-0.2, -0.15) is 0 Å². The Morgan fingerprint density at radius 3 is 2.51 bits per heavy atom. The third-order valence-corrected chi connectivity index (χ3v) is 15.1. The predicted octanol–water partition coefficient (Wildman–Crippen LogP) is 7.19. The first-order valence-electron chi connectivity index (χ1n) is 24.8. The Labute approximate surface area is 400 Å². The van der Waals surface area contributed by atoms with Gasteiger partial charge in [-0.3, -0.25) is 4.79 Å². The maximum atomic E-state index is 14.4. The Morgan fingerprint density at radius 1 is 1.06 bits per heavy atom. The molecule has 1 aliphatic carbocycles. The van der Waals surface area contributed by atoms with E-state index in [1.54, 1.807) is 33.3 Å². The first-order valence-corrected chi connectivity index (χ1v) is 24.8. The number of ether oxygens (including phenoxy) is 10. The Hall–Kier alpha value is -2.57. The predicted molar refractivity (Wildman–Crippen MR) is 255 cm³/mol. The molecule has 3 fully saturated rings. The van der Waals surface area contributed by atoms with Crippen molar-refractivity contribution in [3.05, 3.63) is 71.9 Å². The van der Waals surface area contributed by atoms with Crippen molar-refractivity contribution < 1.29 is 62.4 Å². The lowest BCUT2D eigenvalue weighted by molar-refractivity contribution is -0.300. The summed E-state index contributed by atoms with van der Waals surface area (Å²) in [7, 11) is 3.38. The highest BCUT2D eigenvalue weighted by Crippen LogP contribution is 2.47. The summed E-state index contributed by atoms with van der Waals surface area (Å²) in [6.45, 7) is 25.4. The Morgan fingerprint density at radius 2 is 1.82 bits per heavy atom. The van der Waals surface area contributed by atoms with Gasteiger partial charge in [-0.05, 0) is 76.7 Å². The summed E-state index contributed by atoms with van der Waals surface area (Å²) in [5.41, 5.74) is -0.230. The van der Waals surface area contributed by atoms with E-state index in [1.807, 2.05) is 38.2 Å². The van der Waals surface area contributed by atoms with Gasteiger partial charge in [-0.25, -0.2) is 0 Å². The third kappa shape index (κ3) is 12.1. The van der Waals surface area contributed by atoms with E-state index in [9.17, 15) is 15.0 Å². The van der Waals surface area contributed by atoms with Gasteiger partial charge in [0.25, 0.3) is 0 Å². The molecule has 5 heterocycles. The molecule has 0 aromatic heterocycles. The second-order valence-corrected chi connectivity index (χ2v) is 20.4. The molecule has 2 bridgehead atoms. The average molecular weight is 942 g/mol. The average Bonchev–Trinajstić information content (AvgIpc) is 3.64. The van der Waals surface area contributed by atoms with Crippen LogP contribution in [0.1, 0.15) is 108 Å². The fourth-order valence-electron chi connectivity index (χ4n) is 10.9. The number of rotatable bonds is 16. The van der Waals surface area contributed by atoms with Crippen molar-refractivity contribution in [3.8, 4) is 0 Å². The number of hydrogen-bond donors (Lipinski definition) is 3. The molecule has 0 radical (unpaired) electrons. The first kappa shape index (κ1) is 53.8. The molecule has 0 aromatic rings. The van der Waals surface area contributed by atoms with Crippen LogP contribution in [-0.2, 0) is 52.2 Å². The highest BCUT2D eigenvalue weighted by atomic mass is 16.7. The molecule has 0 amide bonds. The van der Waals surface area contributed by atoms with Crippen molar-refractivity contribution in [2.75, 3.05) is 34.0 Å². The summed E-state index contributed by atoms with van der Waals surface area (Å²) in [6, 6.07) is 0. The van der Waals surface area contributed by atoms with Crippen LogP contribution in [0, 0.1) is 23.7 Å². The van der Waals surface area contributed by atoms with Gasteiger partial charge in [0.15, 0.2) is 18.4 Å². The van der Waals surface area contributed by atoms with Crippen molar-refractivity contribution >= 4 is 5.97 Å². The standard InChI is InChI=1S/C53H83NO13/c1-14-24-54-51(10,11)42(59-13)28-43(60-16-3)64-48-36(9)62-44(27-41(48)58-12)65-46-32(5)18-17-19-37-30-61-49-45(55)35(8)25-40(53(37,49)57)50(56)63-39-26-38(21-20-33(46)6)66-52(29-39)23-22-34(7)47(67-52)31(4)15-2/h14,17-20,22-23,25,31-32,34,36,38-49,54-55,57H,1,15-16,21,24,26-30H2,2-13H3/b18-17+,33-20+,37-19+/t31?,32?,34-,36-,38+,39-,40-,41-,42-,43?,44?,45+,46-,47+,48-,49+,52+,53+/m0/s1. The zero-order chi connectivity index (χ0) is 48.8. The largest absolute Gasteiger partial charge is 0.462 e. The van der Waals surface area contributed by atoms with Crippen molar-refractivity contribution in [1.82, 2.24) is 5.32 Å².